The highest BCUT2D eigenvalue weighted by atomic mass is 16.2. The van der Waals surface area contributed by atoms with Crippen molar-refractivity contribution in [3.63, 3.8) is 0 Å². The van der Waals surface area contributed by atoms with Crippen molar-refractivity contribution >= 4 is 11.9 Å². The molecular weight excluding hydrogens is 300 g/mol. The lowest BCUT2D eigenvalue weighted by molar-refractivity contribution is -0.121. The van der Waals surface area contributed by atoms with Crippen LogP contribution in [-0.4, -0.2) is 49.0 Å². The molecule has 2 fully saturated rings. The van der Waals surface area contributed by atoms with Gasteiger partial charge in [-0.3, -0.25) is 9.79 Å². The van der Waals surface area contributed by atoms with Crippen LogP contribution in [0.3, 0.4) is 0 Å². The molecule has 1 saturated carbocycles. The van der Waals surface area contributed by atoms with Gasteiger partial charge in [0.1, 0.15) is 0 Å². The number of guanidine groups is 1. The van der Waals surface area contributed by atoms with Crippen molar-refractivity contribution in [2.75, 3.05) is 26.7 Å². The second-order valence-corrected chi connectivity index (χ2v) is 8.64. The summed E-state index contributed by atoms with van der Waals surface area (Å²) in [7, 11) is 1.82. The highest BCUT2D eigenvalue weighted by Crippen LogP contribution is 2.42. The Hall–Kier alpha value is -1.26. The fourth-order valence-electron chi connectivity index (χ4n) is 4.23. The molecule has 0 aromatic carbocycles. The van der Waals surface area contributed by atoms with E-state index in [4.69, 9.17) is 0 Å². The number of piperidine rings is 1. The van der Waals surface area contributed by atoms with Gasteiger partial charge in [-0.15, -0.1) is 0 Å². The zero-order valence-corrected chi connectivity index (χ0v) is 16.1. The maximum absolute atomic E-state index is 12.1. The number of hydrogen-bond donors (Lipinski definition) is 2. The molecule has 2 N–H and O–H groups in total. The van der Waals surface area contributed by atoms with Gasteiger partial charge in [0.15, 0.2) is 5.96 Å². The first kappa shape index (κ1) is 19.1. The van der Waals surface area contributed by atoms with Crippen molar-refractivity contribution in [1.82, 2.24) is 15.5 Å². The van der Waals surface area contributed by atoms with E-state index in [0.717, 1.165) is 19.0 Å². The van der Waals surface area contributed by atoms with Crippen LogP contribution < -0.4 is 10.6 Å². The number of aliphatic imine (C=N–C) groups is 1. The molecule has 0 aromatic heterocycles. The van der Waals surface area contributed by atoms with E-state index >= 15 is 0 Å². The highest BCUT2D eigenvalue weighted by Gasteiger charge is 2.36. The Balaban J connectivity index is 1.91. The molecule has 1 aliphatic carbocycles. The van der Waals surface area contributed by atoms with Gasteiger partial charge in [-0.25, -0.2) is 0 Å². The van der Waals surface area contributed by atoms with Crippen LogP contribution in [0, 0.1) is 5.41 Å². The summed E-state index contributed by atoms with van der Waals surface area (Å²) >= 11 is 0. The van der Waals surface area contributed by atoms with Crippen LogP contribution in [0.5, 0.6) is 0 Å². The zero-order chi connectivity index (χ0) is 17.6. The average molecular weight is 337 g/mol. The number of nitrogens with one attached hydrogen (secondary N) is 2. The molecular formula is C19H36N4O. The quantitative estimate of drug-likeness (QED) is 0.602. The Bertz CT molecular complexity index is 445. The third-order valence-corrected chi connectivity index (χ3v) is 5.26. The molecule has 5 nitrogen and oxygen atoms in total. The number of amides is 1. The van der Waals surface area contributed by atoms with Crippen LogP contribution in [-0.2, 0) is 4.79 Å². The molecule has 0 unspecified atom stereocenters. The van der Waals surface area contributed by atoms with E-state index in [0.29, 0.717) is 5.41 Å². The fourth-order valence-corrected chi connectivity index (χ4v) is 4.23. The summed E-state index contributed by atoms with van der Waals surface area (Å²) in [6.07, 6.45) is 10.8. The SMILES string of the molecule is CN=C(NCC(=O)NC(C)(C)C)N1CCCC2(CCCCCC2)C1. The van der Waals surface area contributed by atoms with Crippen molar-refractivity contribution in [3.8, 4) is 0 Å². The molecule has 1 amide bonds. The maximum atomic E-state index is 12.1. The molecule has 1 saturated heterocycles. The summed E-state index contributed by atoms with van der Waals surface area (Å²) in [6.45, 7) is 8.42. The summed E-state index contributed by atoms with van der Waals surface area (Å²) in [5, 5.41) is 6.25. The monoisotopic (exact) mass is 336 g/mol. The van der Waals surface area contributed by atoms with E-state index in [1.807, 2.05) is 27.8 Å². The molecule has 24 heavy (non-hydrogen) atoms. The number of hydrogen-bond acceptors (Lipinski definition) is 2. The van der Waals surface area contributed by atoms with Crippen LogP contribution in [0.4, 0.5) is 0 Å². The summed E-state index contributed by atoms with van der Waals surface area (Å²) in [6, 6.07) is 0. The Morgan fingerprint density at radius 2 is 1.71 bits per heavy atom. The minimum atomic E-state index is -0.197. The van der Waals surface area contributed by atoms with E-state index in [-0.39, 0.29) is 18.0 Å². The molecule has 5 heteroatoms. The summed E-state index contributed by atoms with van der Waals surface area (Å²) in [4.78, 5) is 18.9. The smallest absolute Gasteiger partial charge is 0.239 e. The molecule has 0 radical (unpaired) electrons. The van der Waals surface area contributed by atoms with Gasteiger partial charge in [-0.1, -0.05) is 25.7 Å². The van der Waals surface area contributed by atoms with E-state index in [9.17, 15) is 4.79 Å². The number of carbonyl (C=O) groups is 1. The molecule has 2 aliphatic rings. The standard InChI is InChI=1S/C19H36N4O/c1-18(2,3)22-16(24)14-21-17(20-4)23-13-9-12-19(15-23)10-7-5-6-8-11-19/h5-15H2,1-4H3,(H,20,21)(H,22,24). The lowest BCUT2D eigenvalue weighted by atomic mass is 9.74. The topological polar surface area (TPSA) is 56.7 Å². The van der Waals surface area contributed by atoms with Crippen LogP contribution in [0.25, 0.3) is 0 Å². The van der Waals surface area contributed by atoms with Crippen molar-refractivity contribution < 1.29 is 4.79 Å². The second kappa shape index (κ2) is 8.21. The molecule has 0 aromatic rings. The number of carbonyl (C=O) groups excluding carboxylic acids is 1. The van der Waals surface area contributed by atoms with Crippen molar-refractivity contribution in [2.45, 2.75) is 77.7 Å². The van der Waals surface area contributed by atoms with Crippen molar-refractivity contribution in [3.05, 3.63) is 0 Å². The Morgan fingerprint density at radius 3 is 2.29 bits per heavy atom. The first-order valence-corrected chi connectivity index (χ1v) is 9.60. The molecule has 1 aliphatic heterocycles. The first-order chi connectivity index (χ1) is 11.3. The van der Waals surface area contributed by atoms with E-state index in [2.05, 4.69) is 20.5 Å². The van der Waals surface area contributed by atoms with Crippen LogP contribution in [0.1, 0.15) is 72.1 Å². The van der Waals surface area contributed by atoms with Crippen LogP contribution in [0.2, 0.25) is 0 Å². The molecule has 2 rings (SSSR count). The van der Waals surface area contributed by atoms with Gasteiger partial charge < -0.3 is 15.5 Å². The van der Waals surface area contributed by atoms with Crippen LogP contribution in [0.15, 0.2) is 4.99 Å². The maximum Gasteiger partial charge on any atom is 0.239 e. The predicted octanol–water partition coefficient (Wildman–Crippen LogP) is 2.91. The third-order valence-electron chi connectivity index (χ3n) is 5.26. The molecule has 138 valence electrons. The van der Waals surface area contributed by atoms with Crippen LogP contribution >= 0.6 is 0 Å². The van der Waals surface area contributed by atoms with Gasteiger partial charge in [-0.05, 0) is 51.9 Å². The summed E-state index contributed by atoms with van der Waals surface area (Å²) in [5.74, 6) is 0.896. The normalized spacial score (nSPS) is 22.2. The van der Waals surface area contributed by atoms with Crippen molar-refractivity contribution in [2.24, 2.45) is 10.4 Å². The average Bonchev–Trinajstić information content (AvgIpc) is 2.72. The lowest BCUT2D eigenvalue weighted by Crippen LogP contribution is -2.53. The van der Waals surface area contributed by atoms with Gasteiger partial charge in [0.05, 0.1) is 6.54 Å². The third kappa shape index (κ3) is 5.67. The minimum absolute atomic E-state index is 0.0184. The molecule has 0 bridgehead atoms. The van der Waals surface area contributed by atoms with Gasteiger partial charge in [-0.2, -0.15) is 0 Å². The first-order valence-electron chi connectivity index (χ1n) is 9.60. The van der Waals surface area contributed by atoms with E-state index in [1.54, 1.807) is 0 Å². The second-order valence-electron chi connectivity index (χ2n) is 8.64. The summed E-state index contributed by atoms with van der Waals surface area (Å²) < 4.78 is 0. The Labute approximate surface area is 147 Å². The van der Waals surface area contributed by atoms with E-state index in [1.165, 1.54) is 51.4 Å². The zero-order valence-electron chi connectivity index (χ0n) is 16.1. The highest BCUT2D eigenvalue weighted by molar-refractivity contribution is 5.86. The Kier molecular flexibility index (Phi) is 6.53. The molecule has 0 atom stereocenters. The van der Waals surface area contributed by atoms with Crippen molar-refractivity contribution in [1.29, 1.82) is 0 Å². The number of rotatable bonds is 2. The number of nitrogens with zero attached hydrogens (tertiary/aromatic N) is 2. The predicted molar refractivity (Wildman–Crippen MR) is 100 cm³/mol. The minimum Gasteiger partial charge on any atom is -0.350 e. The lowest BCUT2D eigenvalue weighted by Gasteiger charge is -2.44. The number of likely N-dealkylation sites (tertiary alicyclic amines) is 1. The van der Waals surface area contributed by atoms with Gasteiger partial charge in [0, 0.05) is 25.7 Å². The largest absolute Gasteiger partial charge is 0.350 e. The summed E-state index contributed by atoms with van der Waals surface area (Å²) in [5.41, 5.74) is 0.276. The van der Waals surface area contributed by atoms with Gasteiger partial charge in [0.2, 0.25) is 5.91 Å². The molecule has 1 spiro atoms. The Morgan fingerprint density at radius 1 is 1.08 bits per heavy atom. The van der Waals surface area contributed by atoms with Gasteiger partial charge in [0.25, 0.3) is 0 Å². The van der Waals surface area contributed by atoms with Gasteiger partial charge >= 0.3 is 0 Å². The molecule has 1 heterocycles. The fraction of sp³-hybridized carbons (Fsp3) is 0.895. The van der Waals surface area contributed by atoms with E-state index < -0.39 is 0 Å².